The van der Waals surface area contributed by atoms with Crippen LogP contribution in [-0.2, 0) is 25.7 Å². The Labute approximate surface area is 203 Å². The number of amides is 1. The molecule has 0 bridgehead atoms. The van der Waals surface area contributed by atoms with Crippen molar-refractivity contribution in [2.45, 2.75) is 45.9 Å². The zero-order valence-corrected chi connectivity index (χ0v) is 21.9. The van der Waals surface area contributed by atoms with Crippen molar-refractivity contribution >= 4 is 55.0 Å². The van der Waals surface area contributed by atoms with Crippen LogP contribution in [0.15, 0.2) is 43.1 Å². The van der Waals surface area contributed by atoms with Gasteiger partial charge in [-0.1, -0.05) is 12.1 Å². The van der Waals surface area contributed by atoms with E-state index in [1.807, 2.05) is 6.92 Å². The first-order chi connectivity index (χ1) is 15.4. The number of hydrogen-bond donors (Lipinski definition) is 0. The third-order valence-corrected chi connectivity index (χ3v) is 11.3. The fourth-order valence-electron chi connectivity index (χ4n) is 3.61. The number of carbonyl (C=O) groups excluding carboxylic acids is 1. The predicted molar refractivity (Wildman–Crippen MR) is 130 cm³/mol. The molecule has 180 valence electrons. The lowest BCUT2D eigenvalue weighted by Gasteiger charge is -2.36. The molecule has 8 nitrogen and oxygen atoms in total. The van der Waals surface area contributed by atoms with Crippen LogP contribution in [0.1, 0.15) is 47.8 Å². The van der Waals surface area contributed by atoms with Crippen molar-refractivity contribution in [3.63, 3.8) is 0 Å². The van der Waals surface area contributed by atoms with Crippen molar-refractivity contribution in [1.82, 2.24) is 9.80 Å². The number of nitrogens with zero attached hydrogens (tertiary/aromatic N) is 3. The molecule has 33 heavy (non-hydrogen) atoms. The Morgan fingerprint density at radius 2 is 1.91 bits per heavy atom. The van der Waals surface area contributed by atoms with Crippen LogP contribution in [0.4, 0.5) is 0 Å². The van der Waals surface area contributed by atoms with Crippen LogP contribution in [0.3, 0.4) is 0 Å². The summed E-state index contributed by atoms with van der Waals surface area (Å²) < 4.78 is 54.9. The normalized spacial score (nSPS) is 19.9. The van der Waals surface area contributed by atoms with E-state index in [2.05, 4.69) is 4.40 Å². The summed E-state index contributed by atoms with van der Waals surface area (Å²) in [6.07, 6.45) is 1.32. The molecule has 0 N–H and O–H groups in total. The van der Waals surface area contributed by atoms with Gasteiger partial charge in [0.1, 0.15) is 14.8 Å². The molecule has 2 unspecified atom stereocenters. The van der Waals surface area contributed by atoms with Gasteiger partial charge in [0.15, 0.2) is 9.84 Å². The molecule has 3 rings (SSSR count). The molecule has 0 saturated carbocycles. The molecule has 1 amide bonds. The van der Waals surface area contributed by atoms with E-state index in [0.29, 0.717) is 34.9 Å². The lowest BCUT2D eigenvalue weighted by molar-refractivity contribution is 0.0673. The van der Waals surface area contributed by atoms with Crippen LogP contribution in [0.2, 0.25) is 0 Å². The number of carbonyl (C=O) groups is 1. The fourth-order valence-corrected chi connectivity index (χ4v) is 8.67. The molecule has 2 aromatic rings. The zero-order chi connectivity index (χ0) is 24.6. The van der Waals surface area contributed by atoms with Gasteiger partial charge in [0.25, 0.3) is 15.9 Å². The van der Waals surface area contributed by atoms with E-state index in [0.717, 1.165) is 11.9 Å². The van der Waals surface area contributed by atoms with Crippen molar-refractivity contribution in [3.8, 4) is 0 Å². The summed E-state index contributed by atoms with van der Waals surface area (Å²) in [5.41, 5.74) is 1.65. The Balaban J connectivity index is 2.08. The minimum absolute atomic E-state index is 0.0198. The number of hydrogen-bond acceptors (Lipinski definition) is 6. The van der Waals surface area contributed by atoms with E-state index in [-0.39, 0.29) is 20.7 Å². The minimum atomic E-state index is -4.09. The highest BCUT2D eigenvalue weighted by molar-refractivity contribution is 7.96. The van der Waals surface area contributed by atoms with Crippen LogP contribution in [-0.4, -0.2) is 64.8 Å². The summed E-state index contributed by atoms with van der Waals surface area (Å²) >= 11 is 6.52. The highest BCUT2D eigenvalue weighted by Crippen LogP contribution is 2.45. The number of sulfonamides is 1. The topological polar surface area (TPSA) is 104 Å². The van der Waals surface area contributed by atoms with E-state index in [4.69, 9.17) is 11.6 Å². The first kappa shape index (κ1) is 25.7. The van der Waals surface area contributed by atoms with Gasteiger partial charge in [0, 0.05) is 37.6 Å². The zero-order valence-electron chi connectivity index (χ0n) is 18.7. The molecule has 1 aromatic carbocycles. The molecule has 0 radical (unpaired) electrons. The van der Waals surface area contributed by atoms with Crippen LogP contribution < -0.4 is 0 Å². The average Bonchev–Trinajstić information content (AvgIpc) is 3.24. The van der Waals surface area contributed by atoms with Gasteiger partial charge in [-0.05, 0) is 44.0 Å². The first-order valence-electron chi connectivity index (χ1n) is 10.2. The van der Waals surface area contributed by atoms with E-state index in [9.17, 15) is 21.6 Å². The number of thiophene rings is 1. The minimum Gasteiger partial charge on any atom is -0.368 e. The van der Waals surface area contributed by atoms with Gasteiger partial charge in [-0.15, -0.1) is 27.3 Å². The van der Waals surface area contributed by atoms with Crippen LogP contribution in [0, 0.1) is 0 Å². The average molecular weight is 532 g/mol. The molecular formula is C21H26ClN3O5S3. The summed E-state index contributed by atoms with van der Waals surface area (Å²) in [5, 5.41) is -0.769. The highest BCUT2D eigenvalue weighted by Gasteiger charge is 2.42. The first-order valence-corrected chi connectivity index (χ1v) is 14.6. The predicted octanol–water partition coefficient (Wildman–Crippen LogP) is 3.53. The molecule has 0 aliphatic carbocycles. The van der Waals surface area contributed by atoms with Gasteiger partial charge in [0.05, 0.1) is 11.3 Å². The Hall–Kier alpha value is -1.95. The third kappa shape index (κ3) is 5.11. The Bertz CT molecular complexity index is 1270. The van der Waals surface area contributed by atoms with Gasteiger partial charge in [-0.3, -0.25) is 4.79 Å². The fraction of sp³-hybridized carbons (Fsp3) is 0.429. The van der Waals surface area contributed by atoms with E-state index in [1.165, 1.54) is 11.0 Å². The van der Waals surface area contributed by atoms with Crippen molar-refractivity contribution < 1.29 is 21.6 Å². The molecule has 12 heteroatoms. The largest absolute Gasteiger partial charge is 0.368 e. The number of sulfone groups is 1. The van der Waals surface area contributed by atoms with Crippen molar-refractivity contribution in [1.29, 1.82) is 0 Å². The SMILES string of the molecule is CCN(C(=O)c1ccc(CCl)cc1)C1CC(C)S(=O)(=O)c2sc(S(=O)(=O)N=CN(C)C)cc21. The van der Waals surface area contributed by atoms with Gasteiger partial charge in [-0.25, -0.2) is 8.42 Å². The number of halogens is 1. The van der Waals surface area contributed by atoms with Gasteiger partial charge in [-0.2, -0.15) is 8.42 Å². The van der Waals surface area contributed by atoms with E-state index in [1.54, 1.807) is 50.2 Å². The highest BCUT2D eigenvalue weighted by atomic mass is 35.5. The second-order valence-electron chi connectivity index (χ2n) is 8.00. The maximum absolute atomic E-state index is 13.3. The van der Waals surface area contributed by atoms with Crippen molar-refractivity contribution in [3.05, 3.63) is 47.0 Å². The summed E-state index contributed by atoms with van der Waals surface area (Å²) in [4.78, 5) is 16.4. The summed E-state index contributed by atoms with van der Waals surface area (Å²) in [6, 6.07) is 7.68. The molecule has 1 aliphatic heterocycles. The summed E-state index contributed by atoms with van der Waals surface area (Å²) in [7, 11) is -4.55. The Morgan fingerprint density at radius 1 is 1.27 bits per heavy atom. The van der Waals surface area contributed by atoms with Crippen LogP contribution in [0.25, 0.3) is 0 Å². The van der Waals surface area contributed by atoms with Gasteiger partial charge in [0.2, 0.25) is 0 Å². The number of fused-ring (bicyclic) bond motifs is 1. The van der Waals surface area contributed by atoms with Crippen LogP contribution in [0.5, 0.6) is 0 Å². The lowest BCUT2D eigenvalue weighted by atomic mass is 10.0. The quantitative estimate of drug-likeness (QED) is 0.307. The third-order valence-electron chi connectivity index (χ3n) is 5.41. The number of alkyl halides is 1. The Kier molecular flexibility index (Phi) is 7.57. The standard InChI is InChI=1S/C21H26ClN3O5S3/c1-5-25(20(26)16-8-6-15(12-22)7-9-16)18-10-14(2)32(27,28)21-17(18)11-19(31-21)33(29,30)23-13-24(3)4/h6-9,11,13-14,18H,5,10,12H2,1-4H3. The molecule has 0 fully saturated rings. The molecule has 0 spiro atoms. The Morgan fingerprint density at radius 3 is 2.45 bits per heavy atom. The van der Waals surface area contributed by atoms with Crippen molar-refractivity contribution in [2.24, 2.45) is 4.40 Å². The molecule has 1 aromatic heterocycles. The van der Waals surface area contributed by atoms with Crippen molar-refractivity contribution in [2.75, 3.05) is 20.6 Å². The maximum atomic E-state index is 13.3. The van der Waals surface area contributed by atoms with E-state index < -0.39 is 31.2 Å². The summed E-state index contributed by atoms with van der Waals surface area (Å²) in [5.74, 6) is 0.0674. The second-order valence-corrected chi connectivity index (χ2v) is 13.7. The smallest absolute Gasteiger partial charge is 0.293 e. The van der Waals surface area contributed by atoms with E-state index >= 15 is 0 Å². The maximum Gasteiger partial charge on any atom is 0.293 e. The molecule has 2 heterocycles. The molecular weight excluding hydrogens is 506 g/mol. The lowest BCUT2D eigenvalue weighted by Crippen LogP contribution is -2.40. The second kappa shape index (κ2) is 9.73. The number of rotatable bonds is 7. The van der Waals surface area contributed by atoms with Gasteiger partial charge >= 0.3 is 0 Å². The van der Waals surface area contributed by atoms with Crippen LogP contribution >= 0.6 is 22.9 Å². The van der Waals surface area contributed by atoms with Gasteiger partial charge < -0.3 is 9.80 Å². The monoisotopic (exact) mass is 531 g/mol. The summed E-state index contributed by atoms with van der Waals surface area (Å²) in [6.45, 7) is 3.71. The molecule has 2 atom stereocenters. The molecule has 0 saturated heterocycles. The molecule has 1 aliphatic rings. The number of benzene rings is 1.